The van der Waals surface area contributed by atoms with Crippen molar-refractivity contribution in [3.8, 4) is 0 Å². The van der Waals surface area contributed by atoms with Gasteiger partial charge >= 0.3 is 11.8 Å². The van der Waals surface area contributed by atoms with Gasteiger partial charge < -0.3 is 20.3 Å². The Morgan fingerprint density at radius 2 is 1.96 bits per heavy atom. The zero-order valence-corrected chi connectivity index (χ0v) is 13.6. The fraction of sp³-hybridized carbons (Fsp3) is 0.556. The maximum atomic E-state index is 12.4. The summed E-state index contributed by atoms with van der Waals surface area (Å²) >= 11 is 0. The SMILES string of the molecule is O=C1N[C@@H]2C(NCC3CC3)COCC2N(Cc2ccccc2)C1=O. The molecule has 6 nitrogen and oxygen atoms in total. The molecule has 1 aromatic carbocycles. The summed E-state index contributed by atoms with van der Waals surface area (Å²) in [5, 5.41) is 6.43. The fourth-order valence-electron chi connectivity index (χ4n) is 3.56. The Balaban J connectivity index is 1.51. The molecule has 3 aliphatic rings. The van der Waals surface area contributed by atoms with Crippen LogP contribution in [-0.2, 0) is 20.9 Å². The summed E-state index contributed by atoms with van der Waals surface area (Å²) < 4.78 is 5.75. The van der Waals surface area contributed by atoms with Crippen LogP contribution in [0, 0.1) is 5.92 Å². The van der Waals surface area contributed by atoms with Gasteiger partial charge in [-0.2, -0.15) is 0 Å². The van der Waals surface area contributed by atoms with Crippen LogP contribution in [-0.4, -0.2) is 54.6 Å². The Labute approximate surface area is 141 Å². The van der Waals surface area contributed by atoms with Gasteiger partial charge in [0.1, 0.15) is 0 Å². The van der Waals surface area contributed by atoms with E-state index in [-0.39, 0.29) is 18.1 Å². The number of hydrogen-bond donors (Lipinski definition) is 2. The lowest BCUT2D eigenvalue weighted by atomic mass is 9.93. The summed E-state index contributed by atoms with van der Waals surface area (Å²) in [6, 6.07) is 9.62. The third-order valence-electron chi connectivity index (χ3n) is 5.15. The third kappa shape index (κ3) is 3.16. The van der Waals surface area contributed by atoms with Gasteiger partial charge in [-0.3, -0.25) is 9.59 Å². The molecule has 2 amide bonds. The molecule has 0 aromatic heterocycles. The summed E-state index contributed by atoms with van der Waals surface area (Å²) in [6.07, 6.45) is 2.55. The number of carbonyl (C=O) groups excluding carboxylic acids is 2. The van der Waals surface area contributed by atoms with E-state index in [2.05, 4.69) is 10.6 Å². The predicted molar refractivity (Wildman–Crippen MR) is 88.0 cm³/mol. The molecular weight excluding hydrogens is 306 g/mol. The summed E-state index contributed by atoms with van der Waals surface area (Å²) in [5.74, 6) is -0.217. The summed E-state index contributed by atoms with van der Waals surface area (Å²) in [6.45, 7) is 2.43. The van der Waals surface area contributed by atoms with Crippen LogP contribution in [0.15, 0.2) is 30.3 Å². The van der Waals surface area contributed by atoms with Crippen molar-refractivity contribution in [3.63, 3.8) is 0 Å². The van der Waals surface area contributed by atoms with E-state index in [0.717, 1.165) is 18.0 Å². The van der Waals surface area contributed by atoms with Crippen LogP contribution in [0.25, 0.3) is 0 Å². The lowest BCUT2D eigenvalue weighted by molar-refractivity contribution is -0.158. The molecule has 0 bridgehead atoms. The molecule has 1 aliphatic carbocycles. The van der Waals surface area contributed by atoms with E-state index in [1.54, 1.807) is 4.90 Å². The zero-order valence-electron chi connectivity index (χ0n) is 13.6. The van der Waals surface area contributed by atoms with Gasteiger partial charge in [-0.15, -0.1) is 0 Å². The second-order valence-electron chi connectivity index (χ2n) is 6.98. The summed E-state index contributed by atoms with van der Waals surface area (Å²) in [4.78, 5) is 26.3. The average molecular weight is 329 g/mol. The van der Waals surface area contributed by atoms with Crippen molar-refractivity contribution in [2.45, 2.75) is 37.5 Å². The van der Waals surface area contributed by atoms with E-state index in [0.29, 0.717) is 19.8 Å². The number of piperazine rings is 1. The van der Waals surface area contributed by atoms with Crippen LogP contribution in [0.4, 0.5) is 0 Å². The van der Waals surface area contributed by atoms with Crippen molar-refractivity contribution in [1.82, 2.24) is 15.5 Å². The normalized spacial score (nSPS) is 30.0. The molecule has 2 N–H and O–H groups in total. The Morgan fingerprint density at radius 3 is 2.71 bits per heavy atom. The van der Waals surface area contributed by atoms with Crippen molar-refractivity contribution < 1.29 is 14.3 Å². The zero-order chi connectivity index (χ0) is 16.5. The van der Waals surface area contributed by atoms with E-state index < -0.39 is 11.8 Å². The molecule has 3 atom stereocenters. The smallest absolute Gasteiger partial charge is 0.312 e. The van der Waals surface area contributed by atoms with Crippen molar-refractivity contribution in [2.75, 3.05) is 19.8 Å². The largest absolute Gasteiger partial charge is 0.378 e. The molecular formula is C18H23N3O3. The van der Waals surface area contributed by atoms with Gasteiger partial charge in [0, 0.05) is 6.54 Å². The molecule has 0 radical (unpaired) electrons. The topological polar surface area (TPSA) is 70.7 Å². The van der Waals surface area contributed by atoms with Gasteiger partial charge in [-0.05, 0) is 30.9 Å². The first-order valence-electron chi connectivity index (χ1n) is 8.69. The fourth-order valence-corrected chi connectivity index (χ4v) is 3.56. The van der Waals surface area contributed by atoms with Crippen LogP contribution in [0.3, 0.4) is 0 Å². The molecule has 128 valence electrons. The monoisotopic (exact) mass is 329 g/mol. The van der Waals surface area contributed by atoms with Crippen LogP contribution in [0.2, 0.25) is 0 Å². The second-order valence-corrected chi connectivity index (χ2v) is 6.98. The number of ether oxygens (including phenoxy) is 1. The standard InChI is InChI=1S/C18H23N3O3/c22-17-18(23)21(9-13-4-2-1-3-5-13)15-11-24-10-14(16(15)20-17)19-8-12-6-7-12/h1-5,12,14-16,19H,6-11H2,(H,20,22)/t14?,15?,16-/m1/s1. The molecule has 0 spiro atoms. The number of nitrogens with zero attached hydrogens (tertiary/aromatic N) is 1. The van der Waals surface area contributed by atoms with E-state index in [4.69, 9.17) is 4.74 Å². The average Bonchev–Trinajstić information content (AvgIpc) is 3.42. The van der Waals surface area contributed by atoms with Crippen molar-refractivity contribution in [1.29, 1.82) is 0 Å². The molecule has 24 heavy (non-hydrogen) atoms. The number of hydrogen-bond acceptors (Lipinski definition) is 4. The van der Waals surface area contributed by atoms with E-state index in [9.17, 15) is 9.59 Å². The summed E-state index contributed by atoms with van der Waals surface area (Å²) in [7, 11) is 0. The number of carbonyl (C=O) groups is 2. The molecule has 4 rings (SSSR count). The molecule has 2 heterocycles. The quantitative estimate of drug-likeness (QED) is 0.762. The lowest BCUT2D eigenvalue weighted by Gasteiger charge is -2.47. The number of amides is 2. The van der Waals surface area contributed by atoms with E-state index >= 15 is 0 Å². The summed E-state index contributed by atoms with van der Waals surface area (Å²) in [5.41, 5.74) is 1.02. The van der Waals surface area contributed by atoms with E-state index in [1.807, 2.05) is 30.3 Å². The highest BCUT2D eigenvalue weighted by molar-refractivity contribution is 6.35. The minimum absolute atomic E-state index is 0.0553. The van der Waals surface area contributed by atoms with Crippen molar-refractivity contribution >= 4 is 11.8 Å². The number of rotatable bonds is 5. The molecule has 1 saturated carbocycles. The third-order valence-corrected chi connectivity index (χ3v) is 5.15. The van der Waals surface area contributed by atoms with Gasteiger partial charge in [-0.1, -0.05) is 30.3 Å². The predicted octanol–water partition coefficient (Wildman–Crippen LogP) is 0.281. The Hall–Kier alpha value is -1.92. The van der Waals surface area contributed by atoms with Gasteiger partial charge in [-0.25, -0.2) is 0 Å². The van der Waals surface area contributed by atoms with E-state index in [1.165, 1.54) is 12.8 Å². The van der Waals surface area contributed by atoms with Gasteiger partial charge in [0.2, 0.25) is 0 Å². The molecule has 2 unspecified atom stereocenters. The highest BCUT2D eigenvalue weighted by Crippen LogP contribution is 2.28. The van der Waals surface area contributed by atoms with Crippen LogP contribution in [0.1, 0.15) is 18.4 Å². The van der Waals surface area contributed by atoms with Crippen LogP contribution < -0.4 is 10.6 Å². The molecule has 2 saturated heterocycles. The number of benzene rings is 1. The Morgan fingerprint density at radius 1 is 1.17 bits per heavy atom. The molecule has 3 fully saturated rings. The van der Waals surface area contributed by atoms with Crippen LogP contribution >= 0.6 is 0 Å². The number of fused-ring (bicyclic) bond motifs is 1. The first-order chi connectivity index (χ1) is 11.7. The maximum Gasteiger partial charge on any atom is 0.312 e. The van der Waals surface area contributed by atoms with Gasteiger partial charge in [0.25, 0.3) is 0 Å². The molecule has 1 aromatic rings. The number of nitrogens with one attached hydrogen (secondary N) is 2. The van der Waals surface area contributed by atoms with Crippen molar-refractivity contribution in [3.05, 3.63) is 35.9 Å². The van der Waals surface area contributed by atoms with Crippen LogP contribution in [0.5, 0.6) is 0 Å². The maximum absolute atomic E-state index is 12.4. The second kappa shape index (κ2) is 6.53. The van der Waals surface area contributed by atoms with Crippen molar-refractivity contribution in [2.24, 2.45) is 5.92 Å². The minimum Gasteiger partial charge on any atom is -0.378 e. The highest BCUT2D eigenvalue weighted by atomic mass is 16.5. The Bertz CT molecular complexity index is 617. The van der Waals surface area contributed by atoms with Gasteiger partial charge in [0.15, 0.2) is 0 Å². The Kier molecular flexibility index (Phi) is 4.24. The highest BCUT2D eigenvalue weighted by Gasteiger charge is 2.46. The molecule has 6 heteroatoms. The first kappa shape index (κ1) is 15.6. The molecule has 2 aliphatic heterocycles. The lowest BCUT2D eigenvalue weighted by Crippen LogP contribution is -2.72. The first-order valence-corrected chi connectivity index (χ1v) is 8.69. The minimum atomic E-state index is -0.507. The van der Waals surface area contributed by atoms with Gasteiger partial charge in [0.05, 0.1) is 31.3 Å².